The third-order valence-corrected chi connectivity index (χ3v) is 4.23. The summed E-state index contributed by atoms with van der Waals surface area (Å²) in [4.78, 5) is 12.2. The molecule has 3 nitrogen and oxygen atoms in total. The molecule has 16 heavy (non-hydrogen) atoms. The Bertz CT molecular complexity index is 272. The van der Waals surface area contributed by atoms with Gasteiger partial charge in [0.25, 0.3) is 0 Å². The van der Waals surface area contributed by atoms with E-state index >= 15 is 0 Å². The van der Waals surface area contributed by atoms with Gasteiger partial charge in [0.2, 0.25) is 8.32 Å². The largest absolute Gasteiger partial charge is 0.518 e. The number of rotatable bonds is 4. The van der Waals surface area contributed by atoms with Gasteiger partial charge in [-0.25, -0.2) is 0 Å². The van der Waals surface area contributed by atoms with Crippen LogP contribution in [0.2, 0.25) is 39.3 Å². The minimum atomic E-state index is -1.80. The van der Waals surface area contributed by atoms with Crippen molar-refractivity contribution in [1.82, 2.24) is 0 Å². The van der Waals surface area contributed by atoms with Crippen molar-refractivity contribution in [3.8, 4) is 0 Å². The molecule has 5 heteroatoms. The number of hydrogen-bond acceptors (Lipinski definition) is 3. The normalized spacial score (nSPS) is 20.1. The third-order valence-electron chi connectivity index (χ3n) is 2.43. The van der Waals surface area contributed by atoms with Crippen molar-refractivity contribution in [2.24, 2.45) is 0 Å². The Balaban J connectivity index is 2.70. The second-order valence-corrected chi connectivity index (χ2v) is 15.4. The third kappa shape index (κ3) is 3.71. The predicted molar refractivity (Wildman–Crippen MR) is 70.5 cm³/mol. The van der Waals surface area contributed by atoms with Crippen LogP contribution in [0, 0.1) is 0 Å². The summed E-state index contributed by atoms with van der Waals surface area (Å²) in [5.74, 6) is -0.111. The molecule has 94 valence electrons. The molecule has 0 bridgehead atoms. The monoisotopic (exact) mass is 260 g/mol. The van der Waals surface area contributed by atoms with Gasteiger partial charge in [-0.2, -0.15) is 0 Å². The molecule has 0 N–H and O–H groups in total. The van der Waals surface area contributed by atoms with E-state index in [1.165, 1.54) is 0 Å². The Kier molecular flexibility index (Phi) is 3.72. The molecule has 1 aliphatic rings. The fourth-order valence-electron chi connectivity index (χ4n) is 1.80. The van der Waals surface area contributed by atoms with Gasteiger partial charge >= 0.3 is 5.97 Å². The fourth-order valence-corrected chi connectivity index (χ4v) is 4.00. The zero-order valence-corrected chi connectivity index (χ0v) is 13.3. The molecular formula is C11H24O3Si2. The van der Waals surface area contributed by atoms with Crippen LogP contribution >= 0.6 is 0 Å². The quantitative estimate of drug-likeness (QED) is 0.729. The van der Waals surface area contributed by atoms with Gasteiger partial charge in [-0.15, -0.1) is 0 Å². The van der Waals surface area contributed by atoms with Crippen LogP contribution in [0.1, 0.15) is 19.3 Å². The number of carbonyl (C=O) groups excluding carboxylic acids is 1. The number of carbonyl (C=O) groups is 1. The first-order valence-corrected chi connectivity index (χ1v) is 12.8. The van der Waals surface area contributed by atoms with Crippen LogP contribution in [0.3, 0.4) is 0 Å². The Labute approximate surface area is 101 Å². The van der Waals surface area contributed by atoms with E-state index in [2.05, 4.69) is 19.6 Å². The van der Waals surface area contributed by atoms with Gasteiger partial charge in [0, 0.05) is 0 Å². The van der Waals surface area contributed by atoms with Gasteiger partial charge in [0.1, 0.15) is 0 Å². The van der Waals surface area contributed by atoms with E-state index in [4.69, 9.17) is 8.85 Å². The maximum absolute atomic E-state index is 12.2. The first kappa shape index (κ1) is 13.9. The molecule has 0 aromatic rings. The van der Waals surface area contributed by atoms with E-state index in [0.29, 0.717) is 0 Å². The summed E-state index contributed by atoms with van der Waals surface area (Å²) in [5.41, 5.74) is -0.593. The molecule has 1 fully saturated rings. The van der Waals surface area contributed by atoms with E-state index in [9.17, 15) is 4.79 Å². The van der Waals surface area contributed by atoms with E-state index in [0.717, 1.165) is 19.3 Å². The van der Waals surface area contributed by atoms with Crippen LogP contribution in [-0.4, -0.2) is 28.2 Å². The van der Waals surface area contributed by atoms with E-state index in [1.54, 1.807) is 0 Å². The van der Waals surface area contributed by atoms with Crippen LogP contribution < -0.4 is 0 Å². The first-order valence-electron chi connectivity index (χ1n) is 5.98. The van der Waals surface area contributed by atoms with Crippen molar-refractivity contribution < 1.29 is 13.6 Å². The highest BCUT2D eigenvalue weighted by Gasteiger charge is 2.50. The number of hydrogen-bond donors (Lipinski definition) is 0. The lowest BCUT2D eigenvalue weighted by atomic mass is 9.80. The summed E-state index contributed by atoms with van der Waals surface area (Å²) in [6.45, 7) is 12.5. The van der Waals surface area contributed by atoms with Crippen molar-refractivity contribution in [1.29, 1.82) is 0 Å². The highest BCUT2D eigenvalue weighted by atomic mass is 28.4. The Morgan fingerprint density at radius 1 is 1.00 bits per heavy atom. The molecule has 1 aliphatic carbocycles. The van der Waals surface area contributed by atoms with Crippen molar-refractivity contribution in [2.75, 3.05) is 0 Å². The van der Waals surface area contributed by atoms with Gasteiger partial charge < -0.3 is 8.85 Å². The standard InChI is InChI=1S/C11H24O3Si2/c1-15(2,3)13-10(12)11(8-7-9-11)14-16(4,5)6/h7-9H2,1-6H3. The van der Waals surface area contributed by atoms with Gasteiger partial charge in [-0.1, -0.05) is 0 Å². The van der Waals surface area contributed by atoms with Crippen LogP contribution in [0.5, 0.6) is 0 Å². The lowest BCUT2D eigenvalue weighted by Crippen LogP contribution is -2.56. The SMILES string of the molecule is C[Si](C)(C)OC(=O)C1(O[Si](C)(C)C)CCC1. The molecule has 1 rings (SSSR count). The fraction of sp³-hybridized carbons (Fsp3) is 0.909. The summed E-state index contributed by atoms with van der Waals surface area (Å²) in [7, 11) is -3.49. The van der Waals surface area contributed by atoms with Crippen molar-refractivity contribution in [2.45, 2.75) is 64.1 Å². The second kappa shape index (κ2) is 4.27. The van der Waals surface area contributed by atoms with E-state index in [-0.39, 0.29) is 5.97 Å². The van der Waals surface area contributed by atoms with Crippen molar-refractivity contribution >= 4 is 22.6 Å². The second-order valence-electron chi connectivity index (χ2n) is 6.56. The summed E-state index contributed by atoms with van der Waals surface area (Å²) < 4.78 is 11.6. The van der Waals surface area contributed by atoms with Gasteiger partial charge in [0.05, 0.1) is 0 Å². The van der Waals surface area contributed by atoms with Crippen molar-refractivity contribution in [3.05, 3.63) is 0 Å². The Hall–Kier alpha value is -0.136. The molecule has 0 radical (unpaired) electrons. The highest BCUT2D eigenvalue weighted by Crippen LogP contribution is 2.39. The highest BCUT2D eigenvalue weighted by molar-refractivity contribution is 6.71. The van der Waals surface area contributed by atoms with Gasteiger partial charge in [-0.3, -0.25) is 4.79 Å². The first-order chi connectivity index (χ1) is 7.04. The molecular weight excluding hydrogens is 236 g/mol. The van der Waals surface area contributed by atoms with Crippen molar-refractivity contribution in [3.63, 3.8) is 0 Å². The maximum atomic E-state index is 12.2. The Morgan fingerprint density at radius 3 is 1.75 bits per heavy atom. The topological polar surface area (TPSA) is 35.5 Å². The zero-order valence-electron chi connectivity index (χ0n) is 11.3. The van der Waals surface area contributed by atoms with Crippen LogP contribution in [0.4, 0.5) is 0 Å². The molecule has 0 saturated heterocycles. The zero-order chi connectivity index (χ0) is 12.6. The molecule has 0 atom stereocenters. The van der Waals surface area contributed by atoms with Crippen LogP contribution in [-0.2, 0) is 13.6 Å². The predicted octanol–water partition coefficient (Wildman–Crippen LogP) is 3.14. The molecule has 1 saturated carbocycles. The van der Waals surface area contributed by atoms with Gasteiger partial charge in [0.15, 0.2) is 13.9 Å². The van der Waals surface area contributed by atoms with E-state index < -0.39 is 22.2 Å². The summed E-state index contributed by atoms with van der Waals surface area (Å²) >= 11 is 0. The van der Waals surface area contributed by atoms with Gasteiger partial charge in [-0.05, 0) is 58.5 Å². The lowest BCUT2D eigenvalue weighted by molar-refractivity contribution is -0.162. The average molecular weight is 260 g/mol. The minimum Gasteiger partial charge on any atom is -0.518 e. The molecule has 0 spiro atoms. The lowest BCUT2D eigenvalue weighted by Gasteiger charge is -2.44. The summed E-state index contributed by atoms with van der Waals surface area (Å²) in [5, 5.41) is 0. The molecule has 0 aromatic heterocycles. The maximum Gasteiger partial charge on any atom is 0.323 e. The summed E-state index contributed by atoms with van der Waals surface area (Å²) in [6, 6.07) is 0. The molecule has 0 aliphatic heterocycles. The smallest absolute Gasteiger partial charge is 0.323 e. The average Bonchev–Trinajstić information content (AvgIpc) is 1.90. The molecule has 0 heterocycles. The summed E-state index contributed by atoms with van der Waals surface area (Å²) in [6.07, 6.45) is 2.74. The van der Waals surface area contributed by atoms with E-state index in [1.807, 2.05) is 19.6 Å². The van der Waals surface area contributed by atoms with Crippen LogP contribution in [0.15, 0.2) is 0 Å². The Morgan fingerprint density at radius 2 is 1.50 bits per heavy atom. The minimum absolute atomic E-state index is 0.111. The van der Waals surface area contributed by atoms with Crippen LogP contribution in [0.25, 0.3) is 0 Å². The molecule has 0 aromatic carbocycles. The molecule has 0 amide bonds. The molecule has 0 unspecified atom stereocenters.